The molecule has 0 spiro atoms. The van der Waals surface area contributed by atoms with Gasteiger partial charge in [-0.3, -0.25) is 9.91 Å². The van der Waals surface area contributed by atoms with E-state index in [0.717, 1.165) is 31.1 Å². The van der Waals surface area contributed by atoms with Crippen molar-refractivity contribution >= 4 is 17.5 Å². The van der Waals surface area contributed by atoms with Crippen LogP contribution in [0, 0.1) is 19.8 Å². The number of fused-ring (bicyclic) bond motifs is 1. The molecular formula is C35H35N3O. The van der Waals surface area contributed by atoms with Crippen LogP contribution in [-0.2, 0) is 6.54 Å². The van der Waals surface area contributed by atoms with Crippen molar-refractivity contribution in [1.82, 2.24) is 4.90 Å². The number of anilines is 1. The third-order valence-electron chi connectivity index (χ3n) is 7.81. The van der Waals surface area contributed by atoms with E-state index in [1.807, 2.05) is 0 Å². The largest absolute Gasteiger partial charge is 0.497 e. The average molecular weight is 514 g/mol. The molecule has 4 nitrogen and oxygen atoms in total. The van der Waals surface area contributed by atoms with E-state index in [2.05, 4.69) is 133 Å². The van der Waals surface area contributed by atoms with Crippen molar-refractivity contribution in [2.45, 2.75) is 26.4 Å². The summed E-state index contributed by atoms with van der Waals surface area (Å²) < 4.78 is 5.39. The first kappa shape index (κ1) is 25.1. The molecule has 196 valence electrons. The third-order valence-corrected chi connectivity index (χ3v) is 7.81. The van der Waals surface area contributed by atoms with Gasteiger partial charge >= 0.3 is 0 Å². The number of hydrogen-bond donors (Lipinski definition) is 0. The highest BCUT2D eigenvalue weighted by Gasteiger charge is 2.44. The molecule has 1 fully saturated rings. The van der Waals surface area contributed by atoms with E-state index in [4.69, 9.17) is 9.84 Å². The summed E-state index contributed by atoms with van der Waals surface area (Å²) in [5, 5.41) is 7.61. The second-order valence-electron chi connectivity index (χ2n) is 10.7. The van der Waals surface area contributed by atoms with Crippen molar-refractivity contribution in [2.24, 2.45) is 11.0 Å². The average Bonchev–Trinajstić information content (AvgIpc) is 3.35. The number of ether oxygens (including phenoxy) is 1. The van der Waals surface area contributed by atoms with Gasteiger partial charge in [-0.15, -0.1) is 0 Å². The quantitative estimate of drug-likeness (QED) is 0.268. The molecule has 6 rings (SSSR count). The van der Waals surface area contributed by atoms with Crippen LogP contribution in [0.2, 0.25) is 0 Å². The summed E-state index contributed by atoms with van der Waals surface area (Å²) >= 11 is 0. The predicted molar refractivity (Wildman–Crippen MR) is 161 cm³/mol. The van der Waals surface area contributed by atoms with Gasteiger partial charge in [-0.05, 0) is 66.5 Å². The minimum Gasteiger partial charge on any atom is -0.497 e. The van der Waals surface area contributed by atoms with E-state index in [1.54, 1.807) is 7.11 Å². The number of hydrazone groups is 1. The van der Waals surface area contributed by atoms with Crippen LogP contribution in [0.3, 0.4) is 0 Å². The van der Waals surface area contributed by atoms with Gasteiger partial charge in [0, 0.05) is 25.6 Å². The van der Waals surface area contributed by atoms with Gasteiger partial charge in [-0.1, -0.05) is 90.0 Å². The summed E-state index contributed by atoms with van der Waals surface area (Å²) in [4.78, 5) is 2.57. The lowest BCUT2D eigenvalue weighted by Gasteiger charge is -2.36. The fraction of sp³-hybridized carbons (Fsp3) is 0.229. The highest BCUT2D eigenvalue weighted by Crippen LogP contribution is 2.43. The Bertz CT molecular complexity index is 1470. The molecule has 2 atom stereocenters. The van der Waals surface area contributed by atoms with Crippen LogP contribution in [0.5, 0.6) is 5.75 Å². The van der Waals surface area contributed by atoms with Crippen LogP contribution in [0.4, 0.5) is 5.69 Å². The van der Waals surface area contributed by atoms with E-state index in [-0.39, 0.29) is 12.0 Å². The van der Waals surface area contributed by atoms with Crippen LogP contribution in [0.25, 0.3) is 6.08 Å². The number of hydrogen-bond acceptors (Lipinski definition) is 4. The van der Waals surface area contributed by atoms with Gasteiger partial charge in [0.05, 0.1) is 24.6 Å². The third kappa shape index (κ3) is 5.39. The number of aryl methyl sites for hydroxylation is 2. The Morgan fingerprint density at radius 1 is 0.821 bits per heavy atom. The van der Waals surface area contributed by atoms with E-state index in [0.29, 0.717) is 0 Å². The smallest absolute Gasteiger partial charge is 0.118 e. The number of para-hydroxylation sites is 1. The topological polar surface area (TPSA) is 28.1 Å². The predicted octanol–water partition coefficient (Wildman–Crippen LogP) is 7.44. The second kappa shape index (κ2) is 10.9. The molecule has 0 amide bonds. The van der Waals surface area contributed by atoms with Gasteiger partial charge in [0.2, 0.25) is 0 Å². The molecule has 1 saturated heterocycles. The lowest BCUT2D eigenvalue weighted by atomic mass is 9.82. The first-order valence-corrected chi connectivity index (χ1v) is 13.7. The molecule has 2 aliphatic rings. The molecule has 2 heterocycles. The van der Waals surface area contributed by atoms with E-state index < -0.39 is 0 Å². The lowest BCUT2D eigenvalue weighted by molar-refractivity contribution is 0.245. The monoisotopic (exact) mass is 513 g/mol. The van der Waals surface area contributed by atoms with Gasteiger partial charge in [-0.2, -0.15) is 5.10 Å². The van der Waals surface area contributed by atoms with Crippen LogP contribution in [-0.4, -0.2) is 30.8 Å². The maximum atomic E-state index is 5.39. The summed E-state index contributed by atoms with van der Waals surface area (Å²) in [7, 11) is 1.71. The van der Waals surface area contributed by atoms with Crippen molar-refractivity contribution in [2.75, 3.05) is 25.2 Å². The fourth-order valence-electron chi connectivity index (χ4n) is 5.75. The number of methoxy groups -OCH3 is 1. The molecule has 0 N–H and O–H groups in total. The Morgan fingerprint density at radius 2 is 1.49 bits per heavy atom. The maximum Gasteiger partial charge on any atom is 0.118 e. The van der Waals surface area contributed by atoms with Crippen LogP contribution in [0.1, 0.15) is 33.9 Å². The number of rotatable bonds is 6. The highest BCUT2D eigenvalue weighted by molar-refractivity contribution is 6.09. The van der Waals surface area contributed by atoms with Crippen LogP contribution >= 0.6 is 0 Å². The van der Waals surface area contributed by atoms with Gasteiger partial charge in [0.25, 0.3) is 0 Å². The SMILES string of the molecule is COc1ccc(CN2CC(=Cc3ccc(C)cc3)C3=NN(c4ccccc4)C(c4ccc(C)cc4)C3C2)cc1. The van der Waals surface area contributed by atoms with Crippen molar-refractivity contribution in [3.8, 4) is 5.75 Å². The number of nitrogens with zero attached hydrogens (tertiary/aromatic N) is 3. The zero-order chi connectivity index (χ0) is 26.8. The molecular weight excluding hydrogens is 478 g/mol. The lowest BCUT2D eigenvalue weighted by Crippen LogP contribution is -2.43. The standard InChI is InChI=1S/C35H35N3O/c1-25-9-13-27(14-10-25)21-30-23-37(22-28-15-19-32(39-3)20-16-28)24-33-34(30)36-38(31-7-5-4-6-8-31)35(33)29-17-11-26(2)12-18-29/h4-21,33,35H,22-24H2,1-3H3. The van der Waals surface area contributed by atoms with Crippen molar-refractivity contribution in [3.05, 3.63) is 137 Å². The maximum absolute atomic E-state index is 5.39. The fourth-order valence-corrected chi connectivity index (χ4v) is 5.75. The minimum absolute atomic E-state index is 0.128. The van der Waals surface area contributed by atoms with Gasteiger partial charge in [-0.25, -0.2) is 0 Å². The molecule has 0 saturated carbocycles. The second-order valence-corrected chi connectivity index (χ2v) is 10.7. The molecule has 2 aliphatic heterocycles. The molecule has 0 aliphatic carbocycles. The van der Waals surface area contributed by atoms with Crippen LogP contribution in [0.15, 0.2) is 114 Å². The van der Waals surface area contributed by atoms with E-state index >= 15 is 0 Å². The summed E-state index contributed by atoms with van der Waals surface area (Å²) in [5.74, 6) is 1.14. The molecule has 0 radical (unpaired) electrons. The van der Waals surface area contributed by atoms with Crippen molar-refractivity contribution in [1.29, 1.82) is 0 Å². The van der Waals surface area contributed by atoms with E-state index in [1.165, 1.54) is 39.1 Å². The summed E-state index contributed by atoms with van der Waals surface area (Å²) in [6, 6.07) is 37.0. The number of benzene rings is 4. The highest BCUT2D eigenvalue weighted by atomic mass is 16.5. The molecule has 4 aromatic rings. The zero-order valence-corrected chi connectivity index (χ0v) is 22.9. The summed E-state index contributed by atoms with van der Waals surface area (Å²) in [6.07, 6.45) is 2.34. The first-order chi connectivity index (χ1) is 19.1. The normalized spacial score (nSPS) is 20.1. The molecule has 4 heteroatoms. The molecule has 4 aromatic carbocycles. The van der Waals surface area contributed by atoms with Gasteiger partial charge in [0.15, 0.2) is 0 Å². The van der Waals surface area contributed by atoms with Gasteiger partial charge < -0.3 is 4.74 Å². The zero-order valence-electron chi connectivity index (χ0n) is 22.9. The Kier molecular flexibility index (Phi) is 7.04. The minimum atomic E-state index is 0.128. The molecule has 39 heavy (non-hydrogen) atoms. The first-order valence-electron chi connectivity index (χ1n) is 13.7. The summed E-state index contributed by atoms with van der Waals surface area (Å²) in [6.45, 7) is 6.96. The number of piperidine rings is 1. The molecule has 0 bridgehead atoms. The Hall–Kier alpha value is -4.15. The Labute approximate surface area is 231 Å². The Balaban J connectivity index is 1.42. The molecule has 2 unspecified atom stereocenters. The molecule has 0 aromatic heterocycles. The van der Waals surface area contributed by atoms with Gasteiger partial charge in [0.1, 0.15) is 5.75 Å². The Morgan fingerprint density at radius 3 is 2.15 bits per heavy atom. The summed E-state index contributed by atoms with van der Waals surface area (Å²) in [5.41, 5.74) is 9.97. The van der Waals surface area contributed by atoms with E-state index in [9.17, 15) is 0 Å². The van der Waals surface area contributed by atoms with Crippen molar-refractivity contribution < 1.29 is 4.74 Å². The number of likely N-dealkylation sites (tertiary alicyclic amines) is 1. The van der Waals surface area contributed by atoms with Crippen LogP contribution < -0.4 is 9.75 Å². The van der Waals surface area contributed by atoms with Crippen molar-refractivity contribution in [3.63, 3.8) is 0 Å².